The van der Waals surface area contributed by atoms with Crippen molar-refractivity contribution in [2.75, 3.05) is 5.73 Å². The fourth-order valence-corrected chi connectivity index (χ4v) is 2.18. The van der Waals surface area contributed by atoms with Gasteiger partial charge in [-0.3, -0.25) is 4.98 Å². The van der Waals surface area contributed by atoms with E-state index in [-0.39, 0.29) is 11.7 Å². The summed E-state index contributed by atoms with van der Waals surface area (Å²) in [5.74, 6) is -0.0527. The maximum atomic E-state index is 13.2. The van der Waals surface area contributed by atoms with Gasteiger partial charge in [-0.1, -0.05) is 5.16 Å². The lowest BCUT2D eigenvalue weighted by atomic mass is 9.98. The third-order valence-electron chi connectivity index (χ3n) is 3.13. The lowest BCUT2D eigenvalue weighted by Crippen LogP contribution is -1.90. The molecular formula is C15H12FN3O. The molecule has 0 aliphatic carbocycles. The highest BCUT2D eigenvalue weighted by atomic mass is 19.1. The molecule has 5 heteroatoms. The van der Waals surface area contributed by atoms with E-state index in [0.29, 0.717) is 11.3 Å². The number of hydrogen-bond acceptors (Lipinski definition) is 4. The summed E-state index contributed by atoms with van der Waals surface area (Å²) in [4.78, 5) is 3.98. The van der Waals surface area contributed by atoms with E-state index in [4.69, 9.17) is 10.3 Å². The predicted octanol–water partition coefficient (Wildman–Crippen LogP) is 3.43. The molecule has 0 unspecified atom stereocenters. The number of nitrogens with zero attached hydrogens (tertiary/aromatic N) is 2. The Morgan fingerprint density at radius 2 is 1.90 bits per heavy atom. The van der Waals surface area contributed by atoms with Gasteiger partial charge in [0.25, 0.3) is 0 Å². The van der Waals surface area contributed by atoms with Gasteiger partial charge < -0.3 is 10.3 Å². The van der Waals surface area contributed by atoms with Crippen LogP contribution in [0.2, 0.25) is 0 Å². The van der Waals surface area contributed by atoms with E-state index in [9.17, 15) is 4.39 Å². The topological polar surface area (TPSA) is 64.9 Å². The van der Waals surface area contributed by atoms with E-state index in [0.717, 1.165) is 16.7 Å². The molecule has 0 saturated carbocycles. The Morgan fingerprint density at radius 1 is 1.15 bits per heavy atom. The van der Waals surface area contributed by atoms with Crippen LogP contribution in [0.5, 0.6) is 0 Å². The highest BCUT2D eigenvalue weighted by molar-refractivity contribution is 5.87. The Bertz CT molecular complexity index is 753. The first-order valence-corrected chi connectivity index (χ1v) is 6.09. The molecule has 2 heterocycles. The molecule has 4 nitrogen and oxygen atoms in total. The number of benzene rings is 1. The van der Waals surface area contributed by atoms with Crippen LogP contribution in [-0.4, -0.2) is 10.1 Å². The molecule has 0 aliphatic heterocycles. The van der Waals surface area contributed by atoms with Crippen LogP contribution in [0, 0.1) is 12.7 Å². The molecule has 0 amide bonds. The van der Waals surface area contributed by atoms with Crippen LogP contribution in [0.15, 0.2) is 47.2 Å². The molecule has 2 aromatic heterocycles. The van der Waals surface area contributed by atoms with Crippen LogP contribution in [0.25, 0.3) is 22.4 Å². The standard InChI is InChI=1S/C15H12FN3O/c1-9-8-11(16)2-3-12(9)14-13(15(17)20-19-14)10-4-6-18-7-5-10/h2-8H,17H2,1H3. The van der Waals surface area contributed by atoms with E-state index in [1.807, 2.05) is 19.1 Å². The number of nitrogen functional groups attached to an aromatic ring is 1. The largest absolute Gasteiger partial charge is 0.367 e. The number of anilines is 1. The Balaban J connectivity index is 2.21. The lowest BCUT2D eigenvalue weighted by molar-refractivity contribution is 0.439. The minimum Gasteiger partial charge on any atom is -0.367 e. The van der Waals surface area contributed by atoms with E-state index in [1.165, 1.54) is 12.1 Å². The number of aromatic nitrogens is 2. The summed E-state index contributed by atoms with van der Waals surface area (Å²) in [6.07, 6.45) is 3.34. The molecule has 0 spiro atoms. The van der Waals surface area contributed by atoms with Gasteiger partial charge in [0.15, 0.2) is 0 Å². The molecular weight excluding hydrogens is 257 g/mol. The molecule has 2 N–H and O–H groups in total. The van der Waals surface area contributed by atoms with E-state index in [1.54, 1.807) is 18.5 Å². The molecule has 0 bridgehead atoms. The predicted molar refractivity (Wildman–Crippen MR) is 74.3 cm³/mol. The van der Waals surface area contributed by atoms with Crippen LogP contribution in [0.1, 0.15) is 5.56 Å². The first kappa shape index (κ1) is 12.3. The highest BCUT2D eigenvalue weighted by Gasteiger charge is 2.18. The smallest absolute Gasteiger partial charge is 0.230 e. The summed E-state index contributed by atoms with van der Waals surface area (Å²) in [5, 5.41) is 4.01. The van der Waals surface area contributed by atoms with Crippen molar-refractivity contribution >= 4 is 5.88 Å². The van der Waals surface area contributed by atoms with Crippen LogP contribution < -0.4 is 5.73 Å². The average molecular weight is 269 g/mol. The van der Waals surface area contributed by atoms with Gasteiger partial charge in [0.05, 0.1) is 5.56 Å². The van der Waals surface area contributed by atoms with Crippen molar-refractivity contribution in [1.82, 2.24) is 10.1 Å². The molecule has 0 radical (unpaired) electrons. The molecule has 1 aromatic carbocycles. The fraction of sp³-hybridized carbons (Fsp3) is 0.0667. The van der Waals surface area contributed by atoms with Gasteiger partial charge in [-0.15, -0.1) is 0 Å². The Hall–Kier alpha value is -2.69. The maximum Gasteiger partial charge on any atom is 0.230 e. The summed E-state index contributed by atoms with van der Waals surface area (Å²) < 4.78 is 18.3. The van der Waals surface area contributed by atoms with Gasteiger partial charge in [-0.25, -0.2) is 4.39 Å². The van der Waals surface area contributed by atoms with E-state index in [2.05, 4.69) is 10.1 Å². The number of halogens is 1. The van der Waals surface area contributed by atoms with Gasteiger partial charge in [-0.2, -0.15) is 0 Å². The summed E-state index contributed by atoms with van der Waals surface area (Å²) in [5.41, 5.74) is 9.59. The second-order valence-electron chi connectivity index (χ2n) is 4.47. The zero-order valence-corrected chi connectivity index (χ0v) is 10.8. The molecule has 0 fully saturated rings. The van der Waals surface area contributed by atoms with Crippen molar-refractivity contribution in [3.05, 3.63) is 54.1 Å². The summed E-state index contributed by atoms with van der Waals surface area (Å²) in [6, 6.07) is 8.17. The third kappa shape index (κ3) is 2.03. The van der Waals surface area contributed by atoms with Gasteiger partial charge in [0.1, 0.15) is 11.5 Å². The van der Waals surface area contributed by atoms with Crippen LogP contribution >= 0.6 is 0 Å². The molecule has 0 aliphatic rings. The van der Waals surface area contributed by atoms with E-state index < -0.39 is 0 Å². The molecule has 0 atom stereocenters. The Kier molecular flexibility index (Phi) is 2.95. The zero-order chi connectivity index (χ0) is 14.1. The minimum absolute atomic E-state index is 0.231. The molecule has 100 valence electrons. The first-order chi connectivity index (χ1) is 9.66. The maximum absolute atomic E-state index is 13.2. The van der Waals surface area contributed by atoms with Gasteiger partial charge in [0.2, 0.25) is 5.88 Å². The summed E-state index contributed by atoms with van der Waals surface area (Å²) >= 11 is 0. The number of aryl methyl sites for hydroxylation is 1. The monoisotopic (exact) mass is 269 g/mol. The summed E-state index contributed by atoms with van der Waals surface area (Å²) in [7, 11) is 0. The van der Waals surface area contributed by atoms with Crippen molar-refractivity contribution in [2.45, 2.75) is 6.92 Å². The van der Waals surface area contributed by atoms with Crippen LogP contribution in [0.4, 0.5) is 10.3 Å². The molecule has 20 heavy (non-hydrogen) atoms. The molecule has 3 aromatic rings. The van der Waals surface area contributed by atoms with Crippen molar-refractivity contribution in [2.24, 2.45) is 0 Å². The molecule has 0 saturated heterocycles. The van der Waals surface area contributed by atoms with Gasteiger partial charge in [-0.05, 0) is 48.4 Å². The van der Waals surface area contributed by atoms with Crippen LogP contribution in [-0.2, 0) is 0 Å². The minimum atomic E-state index is -0.284. The normalized spacial score (nSPS) is 10.7. The lowest BCUT2D eigenvalue weighted by Gasteiger charge is -2.05. The SMILES string of the molecule is Cc1cc(F)ccc1-c1noc(N)c1-c1ccncc1. The zero-order valence-electron chi connectivity index (χ0n) is 10.8. The van der Waals surface area contributed by atoms with Gasteiger partial charge >= 0.3 is 0 Å². The number of nitrogens with two attached hydrogens (primary N) is 1. The van der Waals surface area contributed by atoms with Crippen molar-refractivity contribution < 1.29 is 8.91 Å². The van der Waals surface area contributed by atoms with Gasteiger partial charge in [0, 0.05) is 18.0 Å². The number of hydrogen-bond donors (Lipinski definition) is 1. The summed E-state index contributed by atoms with van der Waals surface area (Å²) in [6.45, 7) is 1.82. The number of pyridine rings is 1. The van der Waals surface area contributed by atoms with E-state index >= 15 is 0 Å². The second kappa shape index (κ2) is 4.77. The van der Waals surface area contributed by atoms with Crippen molar-refractivity contribution in [3.63, 3.8) is 0 Å². The first-order valence-electron chi connectivity index (χ1n) is 6.09. The molecule has 3 rings (SSSR count). The average Bonchev–Trinajstić information content (AvgIpc) is 2.81. The second-order valence-corrected chi connectivity index (χ2v) is 4.47. The van der Waals surface area contributed by atoms with Crippen molar-refractivity contribution in [3.8, 4) is 22.4 Å². The quantitative estimate of drug-likeness (QED) is 0.774. The van der Waals surface area contributed by atoms with Crippen molar-refractivity contribution in [1.29, 1.82) is 0 Å². The fourth-order valence-electron chi connectivity index (χ4n) is 2.18. The van der Waals surface area contributed by atoms with Crippen LogP contribution in [0.3, 0.4) is 0 Å². The number of rotatable bonds is 2. The Labute approximate surface area is 115 Å². The Morgan fingerprint density at radius 3 is 2.60 bits per heavy atom. The third-order valence-corrected chi connectivity index (χ3v) is 3.13. The highest BCUT2D eigenvalue weighted by Crippen LogP contribution is 2.37.